The maximum absolute atomic E-state index is 14.7. The molecular weight excluding hydrogens is 456 g/mol. The van der Waals surface area contributed by atoms with E-state index >= 15 is 0 Å². The van der Waals surface area contributed by atoms with E-state index in [0.717, 1.165) is 6.07 Å². The maximum Gasteiger partial charge on any atom is 0.407 e. The van der Waals surface area contributed by atoms with E-state index < -0.39 is 34.7 Å². The second-order valence-corrected chi connectivity index (χ2v) is 9.33. The number of ether oxygens (including phenoxy) is 2. The van der Waals surface area contributed by atoms with Crippen LogP contribution in [-0.2, 0) is 14.9 Å². The molecule has 0 bridgehead atoms. The highest BCUT2D eigenvalue weighted by molar-refractivity contribution is 6.31. The number of fused-ring (bicyclic) bond motifs is 1. The van der Waals surface area contributed by atoms with E-state index in [9.17, 15) is 18.4 Å². The van der Waals surface area contributed by atoms with Gasteiger partial charge in [-0.25, -0.2) is 18.6 Å². The Morgan fingerprint density at radius 3 is 2.58 bits per heavy atom. The second kappa shape index (κ2) is 8.62. The van der Waals surface area contributed by atoms with E-state index in [0.29, 0.717) is 17.2 Å². The van der Waals surface area contributed by atoms with Crippen molar-refractivity contribution in [2.45, 2.75) is 38.7 Å². The summed E-state index contributed by atoms with van der Waals surface area (Å²) < 4.78 is 39.3. The van der Waals surface area contributed by atoms with Gasteiger partial charge in [0.1, 0.15) is 40.7 Å². The van der Waals surface area contributed by atoms with Gasteiger partial charge in [0.2, 0.25) is 5.91 Å². The number of pyridine rings is 1. The molecule has 1 aromatic heterocycles. The van der Waals surface area contributed by atoms with Crippen molar-refractivity contribution >= 4 is 29.2 Å². The third-order valence-corrected chi connectivity index (χ3v) is 5.38. The molecule has 33 heavy (non-hydrogen) atoms. The van der Waals surface area contributed by atoms with E-state index in [1.165, 1.54) is 0 Å². The van der Waals surface area contributed by atoms with Crippen LogP contribution in [-0.4, -0.2) is 35.7 Å². The van der Waals surface area contributed by atoms with E-state index in [2.05, 4.69) is 16.9 Å². The lowest BCUT2D eigenvalue weighted by molar-refractivity contribution is -0.123. The highest BCUT2D eigenvalue weighted by Crippen LogP contribution is 2.45. The molecule has 2 heterocycles. The first-order chi connectivity index (χ1) is 15.2. The molecule has 0 radical (unpaired) electrons. The first-order valence-electron chi connectivity index (χ1n) is 10.0. The topological polar surface area (TPSA) is 104 Å². The fourth-order valence-electron chi connectivity index (χ4n) is 3.24. The molecule has 3 N–H and O–H groups in total. The molecule has 0 spiro atoms. The Kier molecular flexibility index (Phi) is 6.39. The summed E-state index contributed by atoms with van der Waals surface area (Å²) in [7, 11) is 0. The molecule has 2 aromatic rings. The van der Waals surface area contributed by atoms with Gasteiger partial charge < -0.3 is 20.5 Å². The summed E-state index contributed by atoms with van der Waals surface area (Å²) in [5.41, 5.74) is 4.54. The highest BCUT2D eigenvalue weighted by atomic mass is 35.5. The first-order valence-corrected chi connectivity index (χ1v) is 10.4. The fourth-order valence-corrected chi connectivity index (χ4v) is 3.40. The van der Waals surface area contributed by atoms with Crippen LogP contribution in [0.3, 0.4) is 0 Å². The number of primary amides is 1. The monoisotopic (exact) mass is 479 g/mol. The Balaban J connectivity index is 2.07. The van der Waals surface area contributed by atoms with E-state index in [-0.39, 0.29) is 40.9 Å². The van der Waals surface area contributed by atoms with Gasteiger partial charge in [-0.1, -0.05) is 18.2 Å². The van der Waals surface area contributed by atoms with Crippen molar-refractivity contribution in [2.75, 3.05) is 13.2 Å². The number of amides is 2. The van der Waals surface area contributed by atoms with E-state index in [1.54, 1.807) is 33.8 Å². The zero-order valence-corrected chi connectivity index (χ0v) is 19.4. The van der Waals surface area contributed by atoms with Crippen molar-refractivity contribution in [3.63, 3.8) is 0 Å². The van der Waals surface area contributed by atoms with Gasteiger partial charge in [0.15, 0.2) is 0 Å². The molecule has 176 valence electrons. The summed E-state index contributed by atoms with van der Waals surface area (Å²) in [5.74, 6) is -2.37. The van der Waals surface area contributed by atoms with Crippen LogP contribution in [0.15, 0.2) is 24.8 Å². The maximum atomic E-state index is 14.7. The Morgan fingerprint density at radius 2 is 1.97 bits per heavy atom. The Morgan fingerprint density at radius 1 is 1.30 bits per heavy atom. The third-order valence-electron chi connectivity index (χ3n) is 5.09. The lowest BCUT2D eigenvalue weighted by atomic mass is 9.83. The quantitative estimate of drug-likeness (QED) is 0.620. The molecule has 0 saturated heterocycles. The van der Waals surface area contributed by atoms with Crippen molar-refractivity contribution in [2.24, 2.45) is 5.73 Å². The average Bonchev–Trinajstić information content (AvgIpc) is 3.05. The molecule has 10 heteroatoms. The second-order valence-electron chi connectivity index (χ2n) is 8.92. The van der Waals surface area contributed by atoms with Crippen molar-refractivity contribution < 1.29 is 27.8 Å². The number of benzene rings is 1. The zero-order chi connectivity index (χ0) is 24.7. The molecule has 0 fully saturated rings. The van der Waals surface area contributed by atoms with Gasteiger partial charge in [0.05, 0.1) is 10.7 Å². The number of alkyl carbamates (subject to hydrolysis) is 1. The van der Waals surface area contributed by atoms with Crippen LogP contribution >= 0.6 is 11.6 Å². The molecule has 0 saturated carbocycles. The summed E-state index contributed by atoms with van der Waals surface area (Å²) in [6.45, 7) is 10.6. The number of carbonyl (C=O) groups is 2. The summed E-state index contributed by atoms with van der Waals surface area (Å²) >= 11 is 5.87. The van der Waals surface area contributed by atoms with Crippen LogP contribution in [0.1, 0.15) is 39.0 Å². The molecule has 1 aliphatic rings. The first kappa shape index (κ1) is 24.4. The van der Waals surface area contributed by atoms with Crippen LogP contribution in [0.2, 0.25) is 5.02 Å². The van der Waals surface area contributed by atoms with Crippen molar-refractivity contribution in [1.82, 2.24) is 10.3 Å². The normalized spacial score (nSPS) is 17.2. The number of halogens is 3. The van der Waals surface area contributed by atoms with E-state index in [1.807, 2.05) is 0 Å². The van der Waals surface area contributed by atoms with Crippen LogP contribution in [0.4, 0.5) is 13.6 Å². The van der Waals surface area contributed by atoms with Gasteiger partial charge in [0.25, 0.3) is 0 Å². The molecule has 1 aromatic carbocycles. The number of rotatable bonds is 5. The minimum atomic E-state index is -1.22. The smallest absolute Gasteiger partial charge is 0.407 e. The molecule has 7 nitrogen and oxygen atoms in total. The summed E-state index contributed by atoms with van der Waals surface area (Å²) in [5, 5.41) is 2.26. The SMILES string of the molecule is C=C(CNC(=O)OC(C)(C)C)c1cc2c(c(-c3cc(Cl)c(F)cc3F)n1)OC[C@]2(C)C(N)=O. The number of hydrogen-bond donors (Lipinski definition) is 2. The molecule has 2 amide bonds. The van der Waals surface area contributed by atoms with Gasteiger partial charge in [-0.2, -0.15) is 0 Å². The van der Waals surface area contributed by atoms with Crippen molar-refractivity contribution in [3.05, 3.63) is 52.7 Å². The minimum Gasteiger partial charge on any atom is -0.489 e. The van der Waals surface area contributed by atoms with Gasteiger partial charge in [-0.3, -0.25) is 4.79 Å². The van der Waals surface area contributed by atoms with Gasteiger partial charge in [-0.05, 0) is 45.4 Å². The minimum absolute atomic E-state index is 0.00490. The summed E-state index contributed by atoms with van der Waals surface area (Å²) in [6.07, 6.45) is -0.660. The van der Waals surface area contributed by atoms with Crippen LogP contribution in [0.25, 0.3) is 16.8 Å². The lowest BCUT2D eigenvalue weighted by Gasteiger charge is -2.21. The molecule has 1 atom stereocenters. The standard InChI is InChI=1S/C23H24ClF2N3O4/c1-11(9-28-21(31)33-22(2,3)4)17-7-13-19(32-10-23(13,5)20(27)30)18(29-17)12-6-14(24)16(26)8-15(12)25/h6-8H,1,9-10H2,2-5H3,(H2,27,30)(H,28,31)/t23-/m0/s1. The molecule has 1 aliphatic heterocycles. The highest BCUT2D eigenvalue weighted by Gasteiger charge is 2.44. The lowest BCUT2D eigenvalue weighted by Crippen LogP contribution is -2.39. The van der Waals surface area contributed by atoms with E-state index in [4.69, 9.17) is 26.8 Å². The number of nitrogens with zero attached hydrogens (tertiary/aromatic N) is 1. The van der Waals surface area contributed by atoms with Crippen LogP contribution in [0, 0.1) is 11.6 Å². The van der Waals surface area contributed by atoms with Crippen molar-refractivity contribution in [3.8, 4) is 17.0 Å². The third kappa shape index (κ3) is 4.93. The van der Waals surface area contributed by atoms with Gasteiger partial charge in [0, 0.05) is 23.7 Å². The number of carbonyl (C=O) groups excluding carboxylic acids is 2. The summed E-state index contributed by atoms with van der Waals surface area (Å²) in [6, 6.07) is 3.28. The predicted molar refractivity (Wildman–Crippen MR) is 120 cm³/mol. The number of aromatic nitrogens is 1. The Labute approximate surface area is 194 Å². The number of hydrogen-bond acceptors (Lipinski definition) is 5. The Hall–Kier alpha value is -3.20. The number of nitrogens with two attached hydrogens (primary N) is 1. The van der Waals surface area contributed by atoms with Crippen molar-refractivity contribution in [1.29, 1.82) is 0 Å². The zero-order valence-electron chi connectivity index (χ0n) is 18.6. The number of nitrogens with one attached hydrogen (secondary N) is 1. The van der Waals surface area contributed by atoms with Gasteiger partial charge >= 0.3 is 6.09 Å². The van der Waals surface area contributed by atoms with Gasteiger partial charge in [-0.15, -0.1) is 0 Å². The van der Waals surface area contributed by atoms with Crippen LogP contribution < -0.4 is 15.8 Å². The molecule has 0 aliphatic carbocycles. The molecular formula is C23H24ClF2N3O4. The molecule has 0 unspecified atom stereocenters. The largest absolute Gasteiger partial charge is 0.489 e. The molecule has 3 rings (SSSR count). The van der Waals surface area contributed by atoms with Crippen LogP contribution in [0.5, 0.6) is 5.75 Å². The fraction of sp³-hybridized carbons (Fsp3) is 0.348. The average molecular weight is 480 g/mol. The predicted octanol–water partition coefficient (Wildman–Crippen LogP) is 4.35. The Bertz CT molecular complexity index is 1160. The summed E-state index contributed by atoms with van der Waals surface area (Å²) in [4.78, 5) is 28.6.